The summed E-state index contributed by atoms with van der Waals surface area (Å²) in [5.41, 5.74) is 6.72. The second-order valence-corrected chi connectivity index (χ2v) is 6.78. The summed E-state index contributed by atoms with van der Waals surface area (Å²) < 4.78 is 1.85. The largest absolute Gasteiger partial charge is 0.326 e. The van der Waals surface area contributed by atoms with E-state index in [0.29, 0.717) is 11.6 Å². The van der Waals surface area contributed by atoms with Gasteiger partial charge in [-0.25, -0.2) is 4.79 Å². The molecule has 2 aliphatic rings. The van der Waals surface area contributed by atoms with Gasteiger partial charge in [0, 0.05) is 12.5 Å². The number of benzene rings is 2. The maximum Gasteiger partial charge on any atom is 0.326 e. The molecular formula is C18H16ClN3O. The third kappa shape index (κ3) is 1.79. The van der Waals surface area contributed by atoms with Crippen molar-refractivity contribution >= 4 is 22.6 Å². The predicted molar refractivity (Wildman–Crippen MR) is 91.5 cm³/mol. The second kappa shape index (κ2) is 4.73. The Labute approximate surface area is 138 Å². The maximum atomic E-state index is 12.5. The minimum Gasteiger partial charge on any atom is -0.315 e. The van der Waals surface area contributed by atoms with Gasteiger partial charge in [0.15, 0.2) is 0 Å². The third-order valence-corrected chi connectivity index (χ3v) is 5.45. The Hall–Kier alpha value is -2.04. The van der Waals surface area contributed by atoms with Gasteiger partial charge in [0.2, 0.25) is 0 Å². The number of imidazole rings is 1. The number of aromatic nitrogens is 2. The van der Waals surface area contributed by atoms with Crippen molar-refractivity contribution < 1.29 is 0 Å². The summed E-state index contributed by atoms with van der Waals surface area (Å²) in [5.74, 6) is 0.257. The van der Waals surface area contributed by atoms with Crippen molar-refractivity contribution in [2.45, 2.75) is 18.9 Å². The molecule has 0 amide bonds. The first-order valence-electron chi connectivity index (χ1n) is 7.96. The summed E-state index contributed by atoms with van der Waals surface area (Å²) in [7, 11) is 0. The Morgan fingerprint density at radius 2 is 2.09 bits per heavy atom. The molecule has 116 valence electrons. The third-order valence-electron chi connectivity index (χ3n) is 5.15. The number of nitrogens with zero attached hydrogens (tertiary/aromatic N) is 1. The summed E-state index contributed by atoms with van der Waals surface area (Å²) in [6, 6.07) is 10.5. The van der Waals surface area contributed by atoms with E-state index in [1.807, 2.05) is 16.7 Å². The fourth-order valence-electron chi connectivity index (χ4n) is 4.15. The summed E-state index contributed by atoms with van der Waals surface area (Å²) in [6.07, 6.45) is 0.934. The number of halogens is 1. The second-order valence-electron chi connectivity index (χ2n) is 6.38. The lowest BCUT2D eigenvalue weighted by Crippen LogP contribution is -2.21. The van der Waals surface area contributed by atoms with Crippen LogP contribution in [0.2, 0.25) is 5.02 Å². The van der Waals surface area contributed by atoms with E-state index in [1.165, 1.54) is 22.3 Å². The van der Waals surface area contributed by atoms with E-state index in [1.54, 1.807) is 0 Å². The lowest BCUT2D eigenvalue weighted by atomic mass is 9.86. The van der Waals surface area contributed by atoms with E-state index in [2.05, 4.69) is 28.5 Å². The molecule has 0 aliphatic carbocycles. The minimum atomic E-state index is -0.0806. The zero-order valence-electron chi connectivity index (χ0n) is 12.5. The van der Waals surface area contributed by atoms with E-state index in [-0.39, 0.29) is 11.6 Å². The molecule has 5 rings (SSSR count). The fourth-order valence-corrected chi connectivity index (χ4v) is 4.42. The van der Waals surface area contributed by atoms with Crippen molar-refractivity contribution in [2.75, 3.05) is 13.1 Å². The van der Waals surface area contributed by atoms with Crippen LogP contribution in [-0.2, 0) is 13.0 Å². The fraction of sp³-hybridized carbons (Fsp3) is 0.278. The Bertz CT molecular complexity index is 1000. The van der Waals surface area contributed by atoms with Gasteiger partial charge in [0.05, 0.1) is 22.6 Å². The molecule has 1 atom stereocenters. The smallest absolute Gasteiger partial charge is 0.315 e. The van der Waals surface area contributed by atoms with Crippen LogP contribution in [0.1, 0.15) is 28.2 Å². The number of H-pyrrole nitrogens is 1. The van der Waals surface area contributed by atoms with Gasteiger partial charge in [0.1, 0.15) is 0 Å². The molecule has 5 heteroatoms. The van der Waals surface area contributed by atoms with Crippen LogP contribution < -0.4 is 11.0 Å². The highest BCUT2D eigenvalue weighted by atomic mass is 35.5. The molecular weight excluding hydrogens is 310 g/mol. The number of hydrogen-bond donors (Lipinski definition) is 2. The Balaban J connectivity index is 1.98. The summed E-state index contributed by atoms with van der Waals surface area (Å²) in [4.78, 5) is 15.5. The summed E-state index contributed by atoms with van der Waals surface area (Å²) in [6.45, 7) is 2.42. The van der Waals surface area contributed by atoms with Crippen molar-refractivity contribution in [3.63, 3.8) is 0 Å². The quantitative estimate of drug-likeness (QED) is 0.667. The van der Waals surface area contributed by atoms with Gasteiger partial charge < -0.3 is 10.3 Å². The predicted octanol–water partition coefficient (Wildman–Crippen LogP) is 2.62. The number of hydrogen-bond acceptors (Lipinski definition) is 2. The minimum absolute atomic E-state index is 0.0806. The molecule has 2 aliphatic heterocycles. The van der Waals surface area contributed by atoms with Gasteiger partial charge >= 0.3 is 5.69 Å². The molecule has 1 aromatic heterocycles. The molecule has 4 nitrogen and oxygen atoms in total. The summed E-state index contributed by atoms with van der Waals surface area (Å²) in [5, 5.41) is 4.18. The van der Waals surface area contributed by atoms with Gasteiger partial charge in [-0.1, -0.05) is 35.9 Å². The first-order valence-corrected chi connectivity index (χ1v) is 8.34. The van der Waals surface area contributed by atoms with Crippen molar-refractivity contribution in [3.05, 3.63) is 68.1 Å². The van der Waals surface area contributed by atoms with Crippen molar-refractivity contribution in [1.29, 1.82) is 0 Å². The van der Waals surface area contributed by atoms with E-state index in [4.69, 9.17) is 11.6 Å². The molecule has 23 heavy (non-hydrogen) atoms. The number of fused-ring (bicyclic) bond motifs is 2. The summed E-state index contributed by atoms with van der Waals surface area (Å²) >= 11 is 6.47. The highest BCUT2D eigenvalue weighted by Crippen LogP contribution is 2.40. The van der Waals surface area contributed by atoms with Crippen LogP contribution in [0.15, 0.2) is 35.1 Å². The van der Waals surface area contributed by atoms with Gasteiger partial charge in [-0.3, -0.25) is 4.57 Å². The lowest BCUT2D eigenvalue weighted by molar-refractivity contribution is 0.664. The highest BCUT2D eigenvalue weighted by molar-refractivity contribution is 6.35. The molecule has 2 N–H and O–H groups in total. The van der Waals surface area contributed by atoms with Crippen LogP contribution in [0.25, 0.3) is 11.0 Å². The molecule has 3 heterocycles. The van der Waals surface area contributed by atoms with Gasteiger partial charge in [-0.2, -0.15) is 0 Å². The highest BCUT2D eigenvalue weighted by Gasteiger charge is 2.30. The normalized spacial score (nSPS) is 19.3. The molecule has 0 saturated carbocycles. The van der Waals surface area contributed by atoms with Crippen LogP contribution in [0.5, 0.6) is 0 Å². The van der Waals surface area contributed by atoms with Crippen LogP contribution in [-0.4, -0.2) is 22.6 Å². The van der Waals surface area contributed by atoms with Crippen molar-refractivity contribution in [2.24, 2.45) is 0 Å². The SMILES string of the molecule is O=c1[nH]c2c(Cl)cc3c4c2n1Cc1ccccc1[C@H]4CNCC3. The van der Waals surface area contributed by atoms with Crippen molar-refractivity contribution in [1.82, 2.24) is 14.9 Å². The molecule has 0 bridgehead atoms. The first kappa shape index (κ1) is 13.4. The van der Waals surface area contributed by atoms with Crippen LogP contribution in [0.3, 0.4) is 0 Å². The maximum absolute atomic E-state index is 12.5. The van der Waals surface area contributed by atoms with Crippen LogP contribution in [0.4, 0.5) is 0 Å². The van der Waals surface area contributed by atoms with E-state index >= 15 is 0 Å². The van der Waals surface area contributed by atoms with E-state index in [0.717, 1.165) is 30.5 Å². The lowest BCUT2D eigenvalue weighted by Gasteiger charge is -2.19. The van der Waals surface area contributed by atoms with Gasteiger partial charge in [0.25, 0.3) is 0 Å². The monoisotopic (exact) mass is 325 g/mol. The topological polar surface area (TPSA) is 49.8 Å². The Morgan fingerprint density at radius 1 is 1.22 bits per heavy atom. The Morgan fingerprint density at radius 3 is 3.00 bits per heavy atom. The Kier molecular flexibility index (Phi) is 2.75. The molecule has 0 unspecified atom stereocenters. The molecule has 0 saturated heterocycles. The van der Waals surface area contributed by atoms with Crippen molar-refractivity contribution in [3.8, 4) is 0 Å². The van der Waals surface area contributed by atoms with Crippen LogP contribution in [0, 0.1) is 0 Å². The van der Waals surface area contributed by atoms with E-state index < -0.39 is 0 Å². The van der Waals surface area contributed by atoms with Gasteiger partial charge in [-0.05, 0) is 41.3 Å². The zero-order chi connectivity index (χ0) is 15.6. The molecule has 2 aromatic carbocycles. The number of rotatable bonds is 0. The van der Waals surface area contributed by atoms with E-state index in [9.17, 15) is 4.79 Å². The number of nitrogens with one attached hydrogen (secondary N) is 2. The molecule has 0 radical (unpaired) electrons. The van der Waals surface area contributed by atoms with Crippen LogP contribution >= 0.6 is 11.6 Å². The molecule has 3 aromatic rings. The zero-order valence-corrected chi connectivity index (χ0v) is 13.3. The molecule has 0 fully saturated rings. The average molecular weight is 326 g/mol. The number of aromatic amines is 1. The standard InChI is InChI=1S/C18H16ClN3O/c19-14-7-10-5-6-20-8-13-12-4-2-1-3-11(12)9-22-17(15(10)13)16(14)21-18(22)23/h1-4,7,13,20H,5-6,8-9H2,(H,21,23)/t13-/m1/s1. The first-order chi connectivity index (χ1) is 11.2. The molecule has 0 spiro atoms. The average Bonchev–Trinajstić information content (AvgIpc) is 2.72. The van der Waals surface area contributed by atoms with Gasteiger partial charge in [-0.15, -0.1) is 0 Å².